The van der Waals surface area contributed by atoms with Crippen molar-refractivity contribution in [2.45, 2.75) is 18.2 Å². The predicted molar refractivity (Wildman–Crippen MR) is 85.7 cm³/mol. The first-order valence-corrected chi connectivity index (χ1v) is 8.23. The van der Waals surface area contributed by atoms with Crippen molar-refractivity contribution in [2.75, 3.05) is 26.7 Å². The highest BCUT2D eigenvalue weighted by molar-refractivity contribution is 7.89. The number of hydrogen-bond donors (Lipinski definition) is 1. The number of hydrogen-bond acceptors (Lipinski definition) is 5. The Morgan fingerprint density at radius 2 is 2.14 bits per heavy atom. The van der Waals surface area contributed by atoms with Crippen LogP contribution in [0, 0.1) is 12.8 Å². The summed E-state index contributed by atoms with van der Waals surface area (Å²) in [6.07, 6.45) is 0.745. The fourth-order valence-corrected chi connectivity index (χ4v) is 4.18. The number of aryl methyl sites for hydroxylation is 1. The van der Waals surface area contributed by atoms with E-state index in [4.69, 9.17) is 10.5 Å². The summed E-state index contributed by atoms with van der Waals surface area (Å²) in [5.41, 5.74) is 6.48. The molecular formula is C14H21ClN2O4S. The Morgan fingerprint density at radius 1 is 1.45 bits per heavy atom. The van der Waals surface area contributed by atoms with Gasteiger partial charge < -0.3 is 10.5 Å². The van der Waals surface area contributed by atoms with Gasteiger partial charge in [-0.05, 0) is 37.9 Å². The molecule has 1 aromatic carbocycles. The Hall–Kier alpha value is -1.15. The molecule has 1 heterocycles. The molecule has 0 aliphatic carbocycles. The van der Waals surface area contributed by atoms with Gasteiger partial charge >= 0.3 is 5.97 Å². The lowest BCUT2D eigenvalue weighted by Crippen LogP contribution is -2.31. The standard InChI is InChI=1S/C14H20N2O4S.ClH/c1-10-3-4-13(12(7-10)14(17)20-2)21(18,19)16-6-5-11(8-15)9-16;/h3-4,7,11H,5-6,8-9,15H2,1-2H3;1H. The van der Waals surface area contributed by atoms with E-state index in [0.717, 1.165) is 12.0 Å². The summed E-state index contributed by atoms with van der Waals surface area (Å²) in [6, 6.07) is 4.68. The first-order valence-electron chi connectivity index (χ1n) is 6.79. The molecule has 0 bridgehead atoms. The van der Waals surface area contributed by atoms with Crippen molar-refractivity contribution in [3.8, 4) is 0 Å². The molecule has 0 aromatic heterocycles. The zero-order chi connectivity index (χ0) is 15.6. The fraction of sp³-hybridized carbons (Fsp3) is 0.500. The van der Waals surface area contributed by atoms with E-state index >= 15 is 0 Å². The van der Waals surface area contributed by atoms with Crippen molar-refractivity contribution >= 4 is 28.4 Å². The van der Waals surface area contributed by atoms with Crippen LogP contribution in [-0.2, 0) is 14.8 Å². The lowest BCUT2D eigenvalue weighted by atomic mass is 10.1. The number of halogens is 1. The number of nitrogens with zero attached hydrogens (tertiary/aromatic N) is 1. The van der Waals surface area contributed by atoms with Crippen molar-refractivity contribution in [3.05, 3.63) is 29.3 Å². The topological polar surface area (TPSA) is 89.7 Å². The molecule has 8 heteroatoms. The summed E-state index contributed by atoms with van der Waals surface area (Å²) >= 11 is 0. The van der Waals surface area contributed by atoms with Crippen molar-refractivity contribution in [3.63, 3.8) is 0 Å². The van der Waals surface area contributed by atoms with Crippen molar-refractivity contribution in [1.29, 1.82) is 0 Å². The van der Waals surface area contributed by atoms with Crippen LogP contribution < -0.4 is 5.73 Å². The number of rotatable bonds is 4. The highest BCUT2D eigenvalue weighted by Crippen LogP contribution is 2.27. The molecule has 1 fully saturated rings. The van der Waals surface area contributed by atoms with Gasteiger partial charge in [0.15, 0.2) is 0 Å². The molecule has 124 valence electrons. The van der Waals surface area contributed by atoms with Crippen molar-refractivity contribution < 1.29 is 17.9 Å². The van der Waals surface area contributed by atoms with Crippen LogP contribution in [0.15, 0.2) is 23.1 Å². The number of carbonyl (C=O) groups is 1. The van der Waals surface area contributed by atoms with E-state index < -0.39 is 16.0 Å². The smallest absolute Gasteiger partial charge is 0.339 e. The van der Waals surface area contributed by atoms with Gasteiger partial charge in [0, 0.05) is 13.1 Å². The Labute approximate surface area is 137 Å². The largest absolute Gasteiger partial charge is 0.465 e. The second kappa shape index (κ2) is 7.41. The van der Waals surface area contributed by atoms with Crippen LogP contribution in [0.4, 0.5) is 0 Å². The summed E-state index contributed by atoms with van der Waals surface area (Å²) in [5.74, 6) is -0.473. The maximum atomic E-state index is 12.7. The fourth-order valence-electron chi connectivity index (χ4n) is 2.49. The SMILES string of the molecule is COC(=O)c1cc(C)ccc1S(=O)(=O)N1CCC(CN)C1.Cl. The molecule has 1 aromatic rings. The average Bonchev–Trinajstić information content (AvgIpc) is 2.95. The number of benzene rings is 1. The average molecular weight is 349 g/mol. The van der Waals surface area contributed by atoms with E-state index in [1.165, 1.54) is 23.5 Å². The van der Waals surface area contributed by atoms with E-state index in [9.17, 15) is 13.2 Å². The van der Waals surface area contributed by atoms with Crippen LogP contribution in [-0.4, -0.2) is 45.4 Å². The lowest BCUT2D eigenvalue weighted by Gasteiger charge is -2.18. The zero-order valence-electron chi connectivity index (χ0n) is 12.6. The minimum Gasteiger partial charge on any atom is -0.465 e. The maximum absolute atomic E-state index is 12.7. The van der Waals surface area contributed by atoms with Gasteiger partial charge in [0.05, 0.1) is 17.6 Å². The van der Waals surface area contributed by atoms with Gasteiger partial charge in [-0.1, -0.05) is 11.6 Å². The third-order valence-corrected chi connectivity index (χ3v) is 5.66. The first-order chi connectivity index (χ1) is 9.90. The second-order valence-corrected chi connectivity index (χ2v) is 7.15. The van der Waals surface area contributed by atoms with E-state index in [2.05, 4.69) is 0 Å². The Morgan fingerprint density at radius 3 is 2.68 bits per heavy atom. The van der Waals surface area contributed by atoms with Crippen molar-refractivity contribution in [2.24, 2.45) is 11.7 Å². The molecule has 1 aliphatic heterocycles. The molecular weight excluding hydrogens is 328 g/mol. The number of nitrogens with two attached hydrogens (primary N) is 1. The van der Waals surface area contributed by atoms with E-state index in [0.29, 0.717) is 19.6 Å². The van der Waals surface area contributed by atoms with E-state index in [1.54, 1.807) is 13.0 Å². The molecule has 0 saturated carbocycles. The van der Waals surface area contributed by atoms with Crippen LogP contribution in [0.3, 0.4) is 0 Å². The number of ether oxygens (including phenoxy) is 1. The van der Waals surface area contributed by atoms with Crippen LogP contribution in [0.2, 0.25) is 0 Å². The maximum Gasteiger partial charge on any atom is 0.339 e. The second-order valence-electron chi connectivity index (χ2n) is 5.24. The van der Waals surface area contributed by atoms with Crippen LogP contribution >= 0.6 is 12.4 Å². The molecule has 2 rings (SSSR count). The molecule has 1 saturated heterocycles. The normalized spacial score (nSPS) is 18.8. The Balaban J connectivity index is 0.00000242. The number of carbonyl (C=O) groups excluding carboxylic acids is 1. The van der Waals surface area contributed by atoms with Gasteiger partial charge in [-0.3, -0.25) is 0 Å². The van der Waals surface area contributed by atoms with Crippen LogP contribution in [0.25, 0.3) is 0 Å². The van der Waals surface area contributed by atoms with Gasteiger partial charge in [0.2, 0.25) is 10.0 Å². The third-order valence-electron chi connectivity index (χ3n) is 3.74. The van der Waals surface area contributed by atoms with E-state index in [-0.39, 0.29) is 28.8 Å². The molecule has 6 nitrogen and oxygen atoms in total. The summed E-state index contributed by atoms with van der Waals surface area (Å²) < 4.78 is 31.5. The third kappa shape index (κ3) is 3.60. The van der Waals surface area contributed by atoms with Gasteiger partial charge in [0.25, 0.3) is 0 Å². The van der Waals surface area contributed by atoms with Crippen molar-refractivity contribution in [1.82, 2.24) is 4.31 Å². The molecule has 22 heavy (non-hydrogen) atoms. The molecule has 1 atom stereocenters. The van der Waals surface area contributed by atoms with E-state index in [1.807, 2.05) is 0 Å². The minimum absolute atomic E-state index is 0. The molecule has 2 N–H and O–H groups in total. The number of sulfonamides is 1. The molecule has 1 unspecified atom stereocenters. The first kappa shape index (κ1) is 18.9. The number of methoxy groups -OCH3 is 1. The quantitative estimate of drug-likeness (QED) is 0.825. The van der Waals surface area contributed by atoms with Gasteiger partial charge in [-0.2, -0.15) is 4.31 Å². The zero-order valence-corrected chi connectivity index (χ0v) is 14.2. The summed E-state index contributed by atoms with van der Waals surface area (Å²) in [5, 5.41) is 0. The van der Waals surface area contributed by atoms with Crippen LogP contribution in [0.1, 0.15) is 22.3 Å². The lowest BCUT2D eigenvalue weighted by molar-refractivity contribution is 0.0596. The highest BCUT2D eigenvalue weighted by atomic mass is 35.5. The molecule has 0 radical (unpaired) electrons. The molecule has 1 aliphatic rings. The Bertz CT molecular complexity index is 648. The van der Waals surface area contributed by atoms with Gasteiger partial charge in [0.1, 0.15) is 0 Å². The summed E-state index contributed by atoms with van der Waals surface area (Å²) in [6.45, 7) is 3.08. The minimum atomic E-state index is -3.71. The van der Waals surface area contributed by atoms with Crippen LogP contribution in [0.5, 0.6) is 0 Å². The monoisotopic (exact) mass is 348 g/mol. The van der Waals surface area contributed by atoms with Gasteiger partial charge in [-0.15, -0.1) is 12.4 Å². The summed E-state index contributed by atoms with van der Waals surface area (Å²) in [4.78, 5) is 11.8. The molecule has 0 amide bonds. The number of esters is 1. The molecule has 0 spiro atoms. The summed E-state index contributed by atoms with van der Waals surface area (Å²) in [7, 11) is -2.47. The Kier molecular flexibility index (Phi) is 6.37. The highest BCUT2D eigenvalue weighted by Gasteiger charge is 2.34. The predicted octanol–water partition coefficient (Wildman–Crippen LogP) is 1.17. The van der Waals surface area contributed by atoms with Gasteiger partial charge in [-0.25, -0.2) is 13.2 Å².